The molecule has 0 amide bonds. The van der Waals surface area contributed by atoms with Gasteiger partial charge in [0, 0.05) is 43.1 Å². The van der Waals surface area contributed by atoms with Gasteiger partial charge in [0.25, 0.3) is 0 Å². The molecule has 2 unspecified atom stereocenters. The van der Waals surface area contributed by atoms with E-state index in [0.29, 0.717) is 6.04 Å². The zero-order chi connectivity index (χ0) is 13.5. The van der Waals surface area contributed by atoms with Crippen LogP contribution in [0.3, 0.4) is 0 Å². The SMILES string of the molecule is S=c1[nH]c(CCCNC2CCOCC2)c2n1CC1CC21. The Morgan fingerprint density at radius 2 is 2.20 bits per heavy atom. The number of hydrogen-bond donors (Lipinski definition) is 2. The van der Waals surface area contributed by atoms with E-state index in [1.807, 2.05) is 0 Å². The van der Waals surface area contributed by atoms with Crippen LogP contribution in [0.1, 0.15) is 43.0 Å². The molecule has 2 aliphatic heterocycles. The van der Waals surface area contributed by atoms with Crippen LogP contribution in [0.5, 0.6) is 0 Å². The van der Waals surface area contributed by atoms with Crippen molar-refractivity contribution in [2.24, 2.45) is 5.92 Å². The summed E-state index contributed by atoms with van der Waals surface area (Å²) in [5.74, 6) is 1.72. The molecular formula is C15H23N3OS. The van der Waals surface area contributed by atoms with Crippen molar-refractivity contribution in [1.82, 2.24) is 14.9 Å². The fraction of sp³-hybridized carbons (Fsp3) is 0.800. The van der Waals surface area contributed by atoms with E-state index in [-0.39, 0.29) is 0 Å². The first-order valence-corrected chi connectivity index (χ1v) is 8.36. The lowest BCUT2D eigenvalue weighted by Crippen LogP contribution is -2.35. The van der Waals surface area contributed by atoms with Gasteiger partial charge in [0.1, 0.15) is 0 Å². The van der Waals surface area contributed by atoms with Crippen LogP contribution >= 0.6 is 12.2 Å². The molecule has 0 aromatic carbocycles. The summed E-state index contributed by atoms with van der Waals surface area (Å²) in [5, 5.41) is 3.66. The Labute approximate surface area is 124 Å². The van der Waals surface area contributed by atoms with Gasteiger partial charge in [-0.25, -0.2) is 0 Å². The van der Waals surface area contributed by atoms with Crippen molar-refractivity contribution in [3.05, 3.63) is 16.2 Å². The number of hydrogen-bond acceptors (Lipinski definition) is 3. The van der Waals surface area contributed by atoms with Gasteiger partial charge < -0.3 is 19.6 Å². The van der Waals surface area contributed by atoms with E-state index < -0.39 is 0 Å². The van der Waals surface area contributed by atoms with Gasteiger partial charge in [-0.15, -0.1) is 0 Å². The third kappa shape index (κ3) is 2.36. The molecule has 0 spiro atoms. The highest BCUT2D eigenvalue weighted by atomic mass is 32.1. The molecule has 0 bridgehead atoms. The number of aryl methyl sites for hydroxylation is 1. The predicted octanol–water partition coefficient (Wildman–Crippen LogP) is 2.36. The monoisotopic (exact) mass is 293 g/mol. The summed E-state index contributed by atoms with van der Waals surface area (Å²) >= 11 is 5.43. The van der Waals surface area contributed by atoms with Crippen molar-refractivity contribution in [2.45, 2.75) is 50.6 Å². The number of aromatic nitrogens is 2. The van der Waals surface area contributed by atoms with Crippen LogP contribution in [0.4, 0.5) is 0 Å². The lowest BCUT2D eigenvalue weighted by Gasteiger charge is -2.23. The highest BCUT2D eigenvalue weighted by molar-refractivity contribution is 7.71. The van der Waals surface area contributed by atoms with Crippen molar-refractivity contribution in [3.63, 3.8) is 0 Å². The number of nitrogens with zero attached hydrogens (tertiary/aromatic N) is 1. The molecule has 3 aliphatic rings. The van der Waals surface area contributed by atoms with Crippen LogP contribution in [0.25, 0.3) is 0 Å². The highest BCUT2D eigenvalue weighted by Crippen LogP contribution is 2.54. The minimum atomic E-state index is 0.662. The fourth-order valence-corrected chi connectivity index (χ4v) is 4.12. The topological polar surface area (TPSA) is 42.0 Å². The Balaban J connectivity index is 1.30. The first kappa shape index (κ1) is 13.0. The summed E-state index contributed by atoms with van der Waals surface area (Å²) < 4.78 is 8.67. The number of rotatable bonds is 5. The summed E-state index contributed by atoms with van der Waals surface area (Å²) in [5.41, 5.74) is 2.94. The molecule has 1 aliphatic carbocycles. The van der Waals surface area contributed by atoms with E-state index in [1.165, 1.54) is 24.2 Å². The van der Waals surface area contributed by atoms with Crippen molar-refractivity contribution in [3.8, 4) is 0 Å². The molecule has 4 rings (SSSR count). The second kappa shape index (κ2) is 5.28. The first-order chi connectivity index (χ1) is 9.83. The zero-order valence-electron chi connectivity index (χ0n) is 11.9. The summed E-state index contributed by atoms with van der Waals surface area (Å²) in [4.78, 5) is 3.44. The maximum absolute atomic E-state index is 5.43. The number of ether oxygens (including phenoxy) is 1. The van der Waals surface area contributed by atoms with Gasteiger partial charge in [-0.1, -0.05) is 0 Å². The average Bonchev–Trinajstić information content (AvgIpc) is 3.02. The molecule has 1 aromatic rings. The van der Waals surface area contributed by atoms with Crippen LogP contribution in [0, 0.1) is 10.7 Å². The Kier molecular flexibility index (Phi) is 3.44. The van der Waals surface area contributed by atoms with E-state index in [4.69, 9.17) is 17.0 Å². The Bertz CT molecular complexity index is 544. The maximum atomic E-state index is 5.43. The molecule has 20 heavy (non-hydrogen) atoms. The number of aromatic amines is 1. The van der Waals surface area contributed by atoms with Gasteiger partial charge in [-0.2, -0.15) is 0 Å². The predicted molar refractivity (Wildman–Crippen MR) is 80.6 cm³/mol. The minimum Gasteiger partial charge on any atom is -0.381 e. The quantitative estimate of drug-likeness (QED) is 0.647. The molecule has 4 nitrogen and oxygen atoms in total. The van der Waals surface area contributed by atoms with Gasteiger partial charge in [-0.05, 0) is 56.8 Å². The molecule has 110 valence electrons. The molecule has 1 saturated carbocycles. The highest BCUT2D eigenvalue weighted by Gasteiger charge is 2.47. The summed E-state index contributed by atoms with van der Waals surface area (Å²) in [6.07, 6.45) is 6.03. The smallest absolute Gasteiger partial charge is 0.177 e. The number of H-pyrrole nitrogens is 1. The van der Waals surface area contributed by atoms with Gasteiger partial charge in [0.15, 0.2) is 4.77 Å². The molecule has 0 radical (unpaired) electrons. The zero-order valence-corrected chi connectivity index (χ0v) is 12.7. The molecule has 1 saturated heterocycles. The molecule has 5 heteroatoms. The second-order valence-corrected chi connectivity index (χ2v) is 6.84. The molecule has 2 atom stereocenters. The number of fused-ring (bicyclic) bond motifs is 3. The van der Waals surface area contributed by atoms with Crippen LogP contribution in [-0.2, 0) is 17.7 Å². The largest absolute Gasteiger partial charge is 0.381 e. The fourth-order valence-electron chi connectivity index (χ4n) is 3.82. The average molecular weight is 293 g/mol. The van der Waals surface area contributed by atoms with Gasteiger partial charge in [-0.3, -0.25) is 0 Å². The van der Waals surface area contributed by atoms with E-state index in [9.17, 15) is 0 Å². The second-order valence-electron chi connectivity index (χ2n) is 6.45. The van der Waals surface area contributed by atoms with E-state index >= 15 is 0 Å². The van der Waals surface area contributed by atoms with E-state index in [0.717, 1.165) is 62.2 Å². The minimum absolute atomic E-state index is 0.662. The normalized spacial score (nSPS) is 28.4. The Morgan fingerprint density at radius 3 is 3.05 bits per heavy atom. The lowest BCUT2D eigenvalue weighted by atomic mass is 10.1. The molecule has 1 aromatic heterocycles. The Hall–Kier alpha value is -0.650. The molecule has 2 N–H and O–H groups in total. The van der Waals surface area contributed by atoms with Crippen LogP contribution in [0.15, 0.2) is 0 Å². The summed E-state index contributed by atoms with van der Waals surface area (Å²) in [6, 6.07) is 0.662. The van der Waals surface area contributed by atoms with E-state index in [1.54, 1.807) is 0 Å². The van der Waals surface area contributed by atoms with Crippen molar-refractivity contribution in [1.29, 1.82) is 0 Å². The Morgan fingerprint density at radius 1 is 1.35 bits per heavy atom. The van der Waals surface area contributed by atoms with Gasteiger partial charge in [0.05, 0.1) is 0 Å². The number of imidazole rings is 1. The van der Waals surface area contributed by atoms with Crippen molar-refractivity contribution < 1.29 is 4.74 Å². The van der Waals surface area contributed by atoms with Crippen molar-refractivity contribution in [2.75, 3.05) is 19.8 Å². The lowest BCUT2D eigenvalue weighted by molar-refractivity contribution is 0.0780. The van der Waals surface area contributed by atoms with Gasteiger partial charge >= 0.3 is 0 Å². The van der Waals surface area contributed by atoms with Gasteiger partial charge in [0.2, 0.25) is 0 Å². The standard InChI is InChI=1S/C15H23N3OS/c20-15-17-13(14-12-8-10(12)9-18(14)15)2-1-5-16-11-3-6-19-7-4-11/h10-12,16H,1-9H2,(H,17,20). The van der Waals surface area contributed by atoms with Crippen LogP contribution < -0.4 is 5.32 Å². The van der Waals surface area contributed by atoms with E-state index in [2.05, 4.69) is 14.9 Å². The summed E-state index contributed by atoms with van der Waals surface area (Å²) in [6.45, 7) is 4.10. The summed E-state index contributed by atoms with van der Waals surface area (Å²) in [7, 11) is 0. The van der Waals surface area contributed by atoms with Crippen LogP contribution in [0.2, 0.25) is 0 Å². The first-order valence-electron chi connectivity index (χ1n) is 7.95. The molecule has 3 heterocycles. The van der Waals surface area contributed by atoms with Crippen LogP contribution in [-0.4, -0.2) is 35.4 Å². The van der Waals surface area contributed by atoms with Crippen molar-refractivity contribution >= 4 is 12.2 Å². The number of nitrogens with one attached hydrogen (secondary N) is 2. The molecule has 2 fully saturated rings. The maximum Gasteiger partial charge on any atom is 0.177 e. The third-order valence-electron chi connectivity index (χ3n) is 5.05. The third-order valence-corrected chi connectivity index (χ3v) is 5.37. The molecular weight excluding hydrogens is 270 g/mol.